The van der Waals surface area contributed by atoms with Gasteiger partial charge in [0.05, 0.1) is 11.1 Å². The average Bonchev–Trinajstić information content (AvgIpc) is 2.98. The van der Waals surface area contributed by atoms with Crippen molar-refractivity contribution in [2.24, 2.45) is 5.41 Å². The second-order valence-corrected chi connectivity index (χ2v) is 6.19. The number of carbonyl (C=O) groups is 2. The van der Waals surface area contributed by atoms with E-state index < -0.39 is 11.4 Å². The van der Waals surface area contributed by atoms with Crippen molar-refractivity contribution < 1.29 is 14.7 Å². The highest BCUT2D eigenvalue weighted by molar-refractivity contribution is 7.08. The van der Waals surface area contributed by atoms with Gasteiger partial charge in [0.1, 0.15) is 4.88 Å². The number of aryl methyl sites for hydroxylation is 1. The molecule has 1 aliphatic carbocycles. The fraction of sp³-hybridized carbons (Fsp3) is 0.692. The zero-order chi connectivity index (χ0) is 14.8. The summed E-state index contributed by atoms with van der Waals surface area (Å²) >= 11 is 1.07. The quantitative estimate of drug-likeness (QED) is 0.865. The van der Waals surface area contributed by atoms with Gasteiger partial charge in [-0.1, -0.05) is 24.3 Å². The molecular formula is C13H19N3O3S. The topological polar surface area (TPSA) is 92.2 Å². The molecule has 1 heterocycles. The van der Waals surface area contributed by atoms with E-state index in [1.807, 2.05) is 6.92 Å². The molecule has 1 aromatic heterocycles. The lowest BCUT2D eigenvalue weighted by atomic mass is 9.85. The molecule has 110 valence electrons. The molecule has 0 spiro atoms. The molecule has 2 N–H and O–H groups in total. The van der Waals surface area contributed by atoms with E-state index in [0.717, 1.165) is 24.4 Å². The SMILES string of the molecule is CCCc1nnsc1C(=O)NC1CCCC1(C)C(=O)O. The number of carbonyl (C=O) groups excluding carboxylic acids is 1. The van der Waals surface area contributed by atoms with Gasteiger partial charge in [0.25, 0.3) is 5.91 Å². The van der Waals surface area contributed by atoms with E-state index in [0.29, 0.717) is 29.8 Å². The van der Waals surface area contributed by atoms with Gasteiger partial charge >= 0.3 is 5.97 Å². The van der Waals surface area contributed by atoms with E-state index in [-0.39, 0.29) is 11.9 Å². The van der Waals surface area contributed by atoms with Crippen LogP contribution in [0.25, 0.3) is 0 Å². The minimum Gasteiger partial charge on any atom is -0.481 e. The van der Waals surface area contributed by atoms with E-state index in [4.69, 9.17) is 0 Å². The van der Waals surface area contributed by atoms with Crippen LogP contribution in [0.3, 0.4) is 0 Å². The molecule has 1 saturated carbocycles. The Labute approximate surface area is 121 Å². The number of carboxylic acid groups (broad SMARTS) is 1. The number of hydrogen-bond donors (Lipinski definition) is 2. The Kier molecular flexibility index (Phi) is 4.37. The fourth-order valence-electron chi connectivity index (χ4n) is 2.66. The molecule has 2 rings (SSSR count). The van der Waals surface area contributed by atoms with Crippen molar-refractivity contribution in [3.63, 3.8) is 0 Å². The second-order valence-electron chi connectivity index (χ2n) is 5.44. The highest BCUT2D eigenvalue weighted by atomic mass is 32.1. The summed E-state index contributed by atoms with van der Waals surface area (Å²) in [5.41, 5.74) is -0.177. The summed E-state index contributed by atoms with van der Waals surface area (Å²) in [4.78, 5) is 24.2. The predicted molar refractivity (Wildman–Crippen MR) is 74.8 cm³/mol. The molecule has 7 heteroatoms. The van der Waals surface area contributed by atoms with Crippen molar-refractivity contribution in [1.29, 1.82) is 0 Å². The molecule has 1 amide bonds. The summed E-state index contributed by atoms with van der Waals surface area (Å²) in [6.07, 6.45) is 3.71. The summed E-state index contributed by atoms with van der Waals surface area (Å²) in [5, 5.41) is 16.2. The highest BCUT2D eigenvalue weighted by Crippen LogP contribution is 2.38. The predicted octanol–water partition coefficient (Wildman–Crippen LogP) is 1.86. The number of hydrogen-bond acceptors (Lipinski definition) is 5. The molecule has 20 heavy (non-hydrogen) atoms. The van der Waals surface area contributed by atoms with Crippen LogP contribution in [0.1, 0.15) is 54.9 Å². The smallest absolute Gasteiger partial charge is 0.311 e. The first kappa shape index (κ1) is 14.9. The standard InChI is InChI=1S/C13H19N3O3S/c1-3-5-8-10(20-16-15-8)11(17)14-9-6-4-7-13(9,2)12(18)19/h9H,3-7H2,1-2H3,(H,14,17)(H,18,19). The molecular weight excluding hydrogens is 278 g/mol. The molecule has 6 nitrogen and oxygen atoms in total. The summed E-state index contributed by atoms with van der Waals surface area (Å²) in [6.45, 7) is 3.71. The van der Waals surface area contributed by atoms with E-state index in [1.165, 1.54) is 0 Å². The van der Waals surface area contributed by atoms with Crippen LogP contribution in [0, 0.1) is 5.41 Å². The van der Waals surface area contributed by atoms with E-state index in [2.05, 4.69) is 14.9 Å². The van der Waals surface area contributed by atoms with Gasteiger partial charge in [0.15, 0.2) is 0 Å². The maximum absolute atomic E-state index is 12.3. The van der Waals surface area contributed by atoms with Gasteiger partial charge in [-0.2, -0.15) is 0 Å². The Morgan fingerprint density at radius 3 is 2.95 bits per heavy atom. The number of amides is 1. The van der Waals surface area contributed by atoms with E-state index in [1.54, 1.807) is 6.92 Å². The molecule has 0 radical (unpaired) electrons. The molecule has 0 aliphatic heterocycles. The first-order valence-electron chi connectivity index (χ1n) is 6.84. The van der Waals surface area contributed by atoms with E-state index >= 15 is 0 Å². The number of aromatic nitrogens is 2. The lowest BCUT2D eigenvalue weighted by Gasteiger charge is -2.27. The Balaban J connectivity index is 2.11. The number of nitrogens with one attached hydrogen (secondary N) is 1. The number of rotatable bonds is 5. The van der Waals surface area contributed by atoms with Crippen molar-refractivity contribution in [3.8, 4) is 0 Å². The van der Waals surface area contributed by atoms with E-state index in [9.17, 15) is 14.7 Å². The molecule has 1 fully saturated rings. The summed E-state index contributed by atoms with van der Waals surface area (Å²) in [5.74, 6) is -1.10. The molecule has 1 aromatic rings. The normalized spacial score (nSPS) is 25.6. The van der Waals surface area contributed by atoms with Crippen LogP contribution in [0.15, 0.2) is 0 Å². The third-order valence-electron chi connectivity index (χ3n) is 4.00. The minimum atomic E-state index is -0.876. The monoisotopic (exact) mass is 297 g/mol. The van der Waals surface area contributed by atoms with Crippen LogP contribution in [-0.2, 0) is 11.2 Å². The van der Waals surface area contributed by atoms with Crippen LogP contribution < -0.4 is 5.32 Å². The van der Waals surface area contributed by atoms with Crippen LogP contribution in [0.2, 0.25) is 0 Å². The zero-order valence-electron chi connectivity index (χ0n) is 11.7. The van der Waals surface area contributed by atoms with Gasteiger partial charge in [-0.25, -0.2) is 0 Å². The van der Waals surface area contributed by atoms with Crippen molar-refractivity contribution in [2.75, 3.05) is 0 Å². The number of aliphatic carboxylic acids is 1. The van der Waals surface area contributed by atoms with Gasteiger partial charge in [-0.15, -0.1) is 5.10 Å². The Hall–Kier alpha value is -1.50. The van der Waals surface area contributed by atoms with Crippen molar-refractivity contribution in [1.82, 2.24) is 14.9 Å². The molecule has 0 saturated heterocycles. The second kappa shape index (κ2) is 5.87. The minimum absolute atomic E-state index is 0.247. The number of nitrogens with zero attached hydrogens (tertiary/aromatic N) is 2. The molecule has 2 unspecified atom stereocenters. The van der Waals surface area contributed by atoms with Gasteiger partial charge in [0, 0.05) is 6.04 Å². The van der Waals surface area contributed by atoms with Crippen LogP contribution in [0.4, 0.5) is 0 Å². The molecule has 1 aliphatic rings. The van der Waals surface area contributed by atoms with Gasteiger partial charge in [-0.3, -0.25) is 9.59 Å². The lowest BCUT2D eigenvalue weighted by molar-refractivity contribution is -0.148. The maximum Gasteiger partial charge on any atom is 0.311 e. The van der Waals surface area contributed by atoms with Gasteiger partial charge in [0.2, 0.25) is 0 Å². The third-order valence-corrected chi connectivity index (χ3v) is 4.77. The first-order chi connectivity index (χ1) is 9.49. The third kappa shape index (κ3) is 2.67. The van der Waals surface area contributed by atoms with Gasteiger partial charge in [-0.05, 0) is 37.7 Å². The average molecular weight is 297 g/mol. The Bertz CT molecular complexity index is 517. The Morgan fingerprint density at radius 2 is 2.30 bits per heavy atom. The maximum atomic E-state index is 12.3. The molecule has 0 aromatic carbocycles. The molecule has 2 atom stereocenters. The van der Waals surface area contributed by atoms with Crippen molar-refractivity contribution in [3.05, 3.63) is 10.6 Å². The molecule has 0 bridgehead atoms. The van der Waals surface area contributed by atoms with Crippen LogP contribution in [-0.4, -0.2) is 32.6 Å². The lowest BCUT2D eigenvalue weighted by Crippen LogP contribution is -2.47. The summed E-state index contributed by atoms with van der Waals surface area (Å²) < 4.78 is 3.82. The van der Waals surface area contributed by atoms with Crippen LogP contribution >= 0.6 is 11.5 Å². The summed E-state index contributed by atoms with van der Waals surface area (Å²) in [7, 11) is 0. The zero-order valence-corrected chi connectivity index (χ0v) is 12.5. The first-order valence-corrected chi connectivity index (χ1v) is 7.62. The van der Waals surface area contributed by atoms with Crippen molar-refractivity contribution in [2.45, 2.75) is 52.0 Å². The number of carboxylic acids is 1. The highest BCUT2D eigenvalue weighted by Gasteiger charge is 2.46. The largest absolute Gasteiger partial charge is 0.481 e. The summed E-state index contributed by atoms with van der Waals surface area (Å²) in [6, 6.07) is -0.330. The van der Waals surface area contributed by atoms with Crippen molar-refractivity contribution >= 4 is 23.4 Å². The van der Waals surface area contributed by atoms with Gasteiger partial charge < -0.3 is 10.4 Å². The van der Waals surface area contributed by atoms with Crippen LogP contribution in [0.5, 0.6) is 0 Å². The Morgan fingerprint density at radius 1 is 1.55 bits per heavy atom. The fourth-order valence-corrected chi connectivity index (χ4v) is 3.27.